The van der Waals surface area contributed by atoms with Gasteiger partial charge in [0.15, 0.2) is 0 Å². The van der Waals surface area contributed by atoms with Crippen molar-refractivity contribution >= 4 is 17.1 Å². The van der Waals surface area contributed by atoms with Crippen LogP contribution in [-0.2, 0) is 11.2 Å². The van der Waals surface area contributed by atoms with Gasteiger partial charge in [-0.2, -0.15) is 0 Å². The van der Waals surface area contributed by atoms with Gasteiger partial charge in [0.05, 0.1) is 0 Å². The van der Waals surface area contributed by atoms with Gasteiger partial charge in [-0.1, -0.05) is 6.92 Å². The maximum absolute atomic E-state index is 10.9. The van der Waals surface area contributed by atoms with Gasteiger partial charge in [0.2, 0.25) is 0 Å². The Morgan fingerprint density at radius 1 is 1.50 bits per heavy atom. The third kappa shape index (κ3) is 2.70. The molecule has 4 heteroatoms. The fourth-order valence-corrected chi connectivity index (χ4v) is 1.57. The van der Waals surface area contributed by atoms with Crippen LogP contribution in [0.25, 0.3) is 0 Å². The lowest BCUT2D eigenvalue weighted by Crippen LogP contribution is -1.97. The van der Waals surface area contributed by atoms with E-state index in [4.69, 9.17) is 0 Å². The van der Waals surface area contributed by atoms with Crippen molar-refractivity contribution in [1.29, 1.82) is 0 Å². The van der Waals surface area contributed by atoms with Crippen LogP contribution >= 0.6 is 11.3 Å². The molecule has 66 valence electrons. The van der Waals surface area contributed by atoms with Crippen molar-refractivity contribution < 1.29 is 4.79 Å². The highest BCUT2D eigenvalue weighted by Gasteiger charge is 2.03. The molecule has 0 aliphatic heterocycles. The Kier molecular flexibility index (Phi) is 3.34. The van der Waals surface area contributed by atoms with E-state index in [1.807, 2.05) is 13.8 Å². The molecule has 1 aromatic heterocycles. The molecule has 0 aliphatic carbocycles. The van der Waals surface area contributed by atoms with Gasteiger partial charge in [-0.3, -0.25) is 4.79 Å². The van der Waals surface area contributed by atoms with Gasteiger partial charge in [-0.15, -0.1) is 21.5 Å². The maximum atomic E-state index is 10.9. The van der Waals surface area contributed by atoms with Crippen molar-refractivity contribution in [2.24, 2.45) is 0 Å². The molecule has 1 aromatic rings. The topological polar surface area (TPSA) is 42.9 Å². The van der Waals surface area contributed by atoms with Crippen LogP contribution in [0.15, 0.2) is 0 Å². The van der Waals surface area contributed by atoms with E-state index < -0.39 is 0 Å². The van der Waals surface area contributed by atoms with Crippen molar-refractivity contribution in [3.63, 3.8) is 0 Å². The minimum Gasteiger partial charge on any atom is -0.300 e. The largest absolute Gasteiger partial charge is 0.300 e. The second kappa shape index (κ2) is 4.30. The molecule has 3 nitrogen and oxygen atoms in total. The Balaban J connectivity index is 2.38. The van der Waals surface area contributed by atoms with E-state index in [9.17, 15) is 4.79 Å². The summed E-state index contributed by atoms with van der Waals surface area (Å²) in [6.45, 7) is 3.80. The summed E-state index contributed by atoms with van der Waals surface area (Å²) in [5.41, 5.74) is 0. The Morgan fingerprint density at radius 2 is 2.25 bits per heavy atom. The van der Waals surface area contributed by atoms with Gasteiger partial charge in [0, 0.05) is 19.3 Å². The molecule has 0 saturated carbocycles. The van der Waals surface area contributed by atoms with E-state index in [1.165, 1.54) is 0 Å². The van der Waals surface area contributed by atoms with Gasteiger partial charge in [-0.25, -0.2) is 0 Å². The van der Waals surface area contributed by atoms with Gasteiger partial charge < -0.3 is 0 Å². The van der Waals surface area contributed by atoms with Crippen LogP contribution in [0.1, 0.15) is 29.8 Å². The zero-order valence-electron chi connectivity index (χ0n) is 7.33. The molecular formula is C8H12N2OS. The van der Waals surface area contributed by atoms with E-state index in [0.717, 1.165) is 16.4 Å². The molecule has 0 spiro atoms. The molecule has 0 aliphatic rings. The molecule has 0 N–H and O–H groups in total. The van der Waals surface area contributed by atoms with Gasteiger partial charge in [0.1, 0.15) is 15.8 Å². The quantitative estimate of drug-likeness (QED) is 0.716. The molecule has 0 amide bonds. The zero-order valence-corrected chi connectivity index (χ0v) is 8.15. The average molecular weight is 184 g/mol. The number of hydrogen-bond acceptors (Lipinski definition) is 4. The predicted molar refractivity (Wildman–Crippen MR) is 48.3 cm³/mol. The number of Topliss-reactive ketones (excluding diaryl/α,β-unsaturated/α-hetero) is 1. The second-order valence-electron chi connectivity index (χ2n) is 2.61. The maximum Gasteiger partial charge on any atom is 0.133 e. The predicted octanol–water partition coefficient (Wildman–Crippen LogP) is 1.76. The number of aromatic nitrogens is 2. The SMILES string of the molecule is CCC(=O)CCc1nnc(C)s1. The van der Waals surface area contributed by atoms with Crippen LogP contribution in [0.4, 0.5) is 0 Å². The number of ketones is 1. The number of carbonyl (C=O) groups is 1. The van der Waals surface area contributed by atoms with Gasteiger partial charge in [-0.05, 0) is 6.92 Å². The highest BCUT2D eigenvalue weighted by atomic mass is 32.1. The monoisotopic (exact) mass is 184 g/mol. The highest BCUT2D eigenvalue weighted by molar-refractivity contribution is 7.11. The molecule has 0 aromatic carbocycles. The summed E-state index contributed by atoms with van der Waals surface area (Å²) in [5.74, 6) is 0.294. The van der Waals surface area contributed by atoms with E-state index in [2.05, 4.69) is 10.2 Å². The molecule has 0 atom stereocenters. The molecule has 1 heterocycles. The first kappa shape index (κ1) is 9.32. The fourth-order valence-electron chi connectivity index (χ4n) is 0.862. The summed E-state index contributed by atoms with van der Waals surface area (Å²) < 4.78 is 0. The Bertz CT molecular complexity index is 270. The third-order valence-corrected chi connectivity index (χ3v) is 2.48. The minimum absolute atomic E-state index is 0.294. The lowest BCUT2D eigenvalue weighted by molar-refractivity contribution is -0.118. The van der Waals surface area contributed by atoms with E-state index >= 15 is 0 Å². The molecule has 1 rings (SSSR count). The number of hydrogen-bond donors (Lipinski definition) is 0. The van der Waals surface area contributed by atoms with E-state index in [0.29, 0.717) is 18.6 Å². The minimum atomic E-state index is 0.294. The molecule has 0 fully saturated rings. The lowest BCUT2D eigenvalue weighted by Gasteiger charge is -1.92. The standard InChI is InChI=1S/C8H12N2OS/c1-3-7(11)4-5-8-10-9-6(2)12-8/h3-5H2,1-2H3. The van der Waals surface area contributed by atoms with Crippen LogP contribution in [-0.4, -0.2) is 16.0 Å². The van der Waals surface area contributed by atoms with Crippen molar-refractivity contribution in [3.05, 3.63) is 10.0 Å². The van der Waals surface area contributed by atoms with Crippen LogP contribution in [0.3, 0.4) is 0 Å². The molecule has 0 saturated heterocycles. The number of rotatable bonds is 4. The fraction of sp³-hybridized carbons (Fsp3) is 0.625. The summed E-state index contributed by atoms with van der Waals surface area (Å²) in [4.78, 5) is 10.9. The van der Waals surface area contributed by atoms with Gasteiger partial charge in [0.25, 0.3) is 0 Å². The molecular weight excluding hydrogens is 172 g/mol. The first-order valence-corrected chi connectivity index (χ1v) is 4.84. The van der Waals surface area contributed by atoms with Crippen LogP contribution in [0.2, 0.25) is 0 Å². The average Bonchev–Trinajstić information content (AvgIpc) is 2.47. The molecule has 12 heavy (non-hydrogen) atoms. The number of nitrogens with zero attached hydrogens (tertiary/aromatic N) is 2. The molecule has 0 bridgehead atoms. The number of carbonyl (C=O) groups excluding carboxylic acids is 1. The van der Waals surface area contributed by atoms with Crippen LogP contribution in [0, 0.1) is 6.92 Å². The first-order chi connectivity index (χ1) is 5.72. The third-order valence-electron chi connectivity index (χ3n) is 1.58. The highest BCUT2D eigenvalue weighted by Crippen LogP contribution is 2.10. The normalized spacial score (nSPS) is 10.2. The lowest BCUT2D eigenvalue weighted by atomic mass is 10.2. The van der Waals surface area contributed by atoms with Crippen molar-refractivity contribution in [2.45, 2.75) is 33.1 Å². The van der Waals surface area contributed by atoms with Crippen LogP contribution < -0.4 is 0 Å². The summed E-state index contributed by atoms with van der Waals surface area (Å²) in [5, 5.41) is 9.75. The van der Waals surface area contributed by atoms with Crippen molar-refractivity contribution in [3.8, 4) is 0 Å². The van der Waals surface area contributed by atoms with Crippen molar-refractivity contribution in [2.75, 3.05) is 0 Å². The van der Waals surface area contributed by atoms with Crippen molar-refractivity contribution in [1.82, 2.24) is 10.2 Å². The number of aryl methyl sites for hydroxylation is 2. The first-order valence-electron chi connectivity index (χ1n) is 4.03. The summed E-state index contributed by atoms with van der Waals surface area (Å²) in [7, 11) is 0. The van der Waals surface area contributed by atoms with E-state index in [1.54, 1.807) is 11.3 Å². The second-order valence-corrected chi connectivity index (χ2v) is 3.87. The summed E-state index contributed by atoms with van der Waals surface area (Å²) in [6, 6.07) is 0. The zero-order chi connectivity index (χ0) is 8.97. The Morgan fingerprint density at radius 3 is 2.75 bits per heavy atom. The smallest absolute Gasteiger partial charge is 0.133 e. The van der Waals surface area contributed by atoms with Gasteiger partial charge >= 0.3 is 0 Å². The molecule has 0 radical (unpaired) electrons. The Hall–Kier alpha value is -0.770. The Labute approximate surface area is 75.8 Å². The summed E-state index contributed by atoms with van der Waals surface area (Å²) in [6.07, 6.45) is 1.97. The van der Waals surface area contributed by atoms with E-state index in [-0.39, 0.29) is 0 Å². The molecule has 0 unspecified atom stereocenters. The summed E-state index contributed by atoms with van der Waals surface area (Å²) >= 11 is 1.57. The van der Waals surface area contributed by atoms with Crippen LogP contribution in [0.5, 0.6) is 0 Å².